The summed E-state index contributed by atoms with van der Waals surface area (Å²) in [4.78, 5) is 16.4. The molecule has 3 rings (SSSR count). The van der Waals surface area contributed by atoms with Crippen LogP contribution >= 0.6 is 0 Å². The molecule has 0 aliphatic heterocycles. The number of methoxy groups -OCH3 is 1. The van der Waals surface area contributed by atoms with E-state index in [4.69, 9.17) is 10.5 Å². The van der Waals surface area contributed by atoms with E-state index in [0.29, 0.717) is 41.2 Å². The molecule has 7 heteroatoms. The topological polar surface area (TPSA) is 114 Å². The Hall–Kier alpha value is -2.93. The third-order valence-corrected chi connectivity index (χ3v) is 3.96. The number of nitrogens with zero attached hydrogens (tertiary/aromatic N) is 2. The number of hydrogen-bond acceptors (Lipinski definition) is 5. The van der Waals surface area contributed by atoms with Crippen LogP contribution in [0.15, 0.2) is 24.3 Å². The van der Waals surface area contributed by atoms with Gasteiger partial charge in [-0.15, -0.1) is 0 Å². The van der Waals surface area contributed by atoms with Crippen LogP contribution in [0.5, 0.6) is 5.75 Å². The number of nitrogens with two attached hydrogens (primary N) is 1. The van der Waals surface area contributed by atoms with Crippen LogP contribution in [0.1, 0.15) is 21.6 Å². The Labute approximate surface area is 138 Å². The highest BCUT2D eigenvalue weighted by Gasteiger charge is 2.23. The van der Waals surface area contributed by atoms with Gasteiger partial charge >= 0.3 is 5.97 Å². The van der Waals surface area contributed by atoms with E-state index in [1.54, 1.807) is 31.4 Å². The molecule has 7 nitrogen and oxygen atoms in total. The summed E-state index contributed by atoms with van der Waals surface area (Å²) in [7, 11) is 1.58. The van der Waals surface area contributed by atoms with Crippen molar-refractivity contribution < 1.29 is 14.6 Å². The van der Waals surface area contributed by atoms with Crippen molar-refractivity contribution in [2.24, 2.45) is 5.73 Å². The van der Waals surface area contributed by atoms with Gasteiger partial charge in [0.1, 0.15) is 5.75 Å². The zero-order valence-corrected chi connectivity index (χ0v) is 13.5. The molecular formula is C17H18N4O3. The van der Waals surface area contributed by atoms with Crippen molar-refractivity contribution in [3.63, 3.8) is 0 Å². The summed E-state index contributed by atoms with van der Waals surface area (Å²) in [6.45, 7) is 2.18. The maximum absolute atomic E-state index is 12.0. The van der Waals surface area contributed by atoms with Crippen LogP contribution in [0.2, 0.25) is 0 Å². The van der Waals surface area contributed by atoms with Crippen LogP contribution in [0, 0.1) is 6.92 Å². The molecule has 0 aliphatic rings. The molecule has 124 valence electrons. The zero-order valence-electron chi connectivity index (χ0n) is 13.5. The van der Waals surface area contributed by atoms with Gasteiger partial charge in [0.15, 0.2) is 5.65 Å². The van der Waals surface area contributed by atoms with Crippen molar-refractivity contribution in [2.75, 3.05) is 13.7 Å². The lowest BCUT2D eigenvalue weighted by atomic mass is 9.95. The van der Waals surface area contributed by atoms with Crippen molar-refractivity contribution in [3.05, 3.63) is 41.1 Å². The quantitative estimate of drug-likeness (QED) is 0.662. The normalized spacial score (nSPS) is 11.0. The van der Waals surface area contributed by atoms with Gasteiger partial charge in [0.05, 0.1) is 18.4 Å². The lowest BCUT2D eigenvalue weighted by Crippen LogP contribution is -2.12. The number of nitrogens with one attached hydrogen (secondary N) is 1. The molecule has 0 saturated heterocycles. The molecule has 0 atom stereocenters. The zero-order chi connectivity index (χ0) is 17.3. The van der Waals surface area contributed by atoms with Crippen LogP contribution in [-0.4, -0.2) is 39.9 Å². The first kappa shape index (κ1) is 15.9. The molecular weight excluding hydrogens is 308 g/mol. The number of aryl methyl sites for hydroxylation is 1. The molecule has 2 heterocycles. The Morgan fingerprint density at radius 2 is 2.04 bits per heavy atom. The second-order valence-corrected chi connectivity index (χ2v) is 5.43. The monoisotopic (exact) mass is 326 g/mol. The summed E-state index contributed by atoms with van der Waals surface area (Å²) in [5.41, 5.74) is 8.88. The Morgan fingerprint density at radius 3 is 2.62 bits per heavy atom. The SMILES string of the molecule is COc1ccc(-c2nc3n[nH]c(C)c3c(CCN)c2C(=O)O)cc1. The molecule has 0 amide bonds. The second-order valence-electron chi connectivity index (χ2n) is 5.43. The molecule has 0 spiro atoms. The third kappa shape index (κ3) is 2.59. The number of carboxylic acid groups (broad SMARTS) is 1. The van der Waals surface area contributed by atoms with Gasteiger partial charge in [-0.3, -0.25) is 5.10 Å². The lowest BCUT2D eigenvalue weighted by molar-refractivity contribution is 0.0696. The van der Waals surface area contributed by atoms with Gasteiger partial charge < -0.3 is 15.6 Å². The van der Waals surface area contributed by atoms with E-state index < -0.39 is 5.97 Å². The van der Waals surface area contributed by atoms with Crippen molar-refractivity contribution in [1.29, 1.82) is 0 Å². The molecule has 0 radical (unpaired) electrons. The minimum Gasteiger partial charge on any atom is -0.497 e. The lowest BCUT2D eigenvalue weighted by Gasteiger charge is -2.12. The number of aromatic carboxylic acids is 1. The summed E-state index contributed by atoms with van der Waals surface area (Å²) in [6.07, 6.45) is 0.435. The van der Waals surface area contributed by atoms with Crippen LogP contribution in [0.4, 0.5) is 0 Å². The van der Waals surface area contributed by atoms with E-state index in [-0.39, 0.29) is 5.56 Å². The van der Waals surface area contributed by atoms with Crippen molar-refractivity contribution in [2.45, 2.75) is 13.3 Å². The van der Waals surface area contributed by atoms with Crippen LogP contribution in [0.25, 0.3) is 22.3 Å². The van der Waals surface area contributed by atoms with E-state index in [2.05, 4.69) is 15.2 Å². The van der Waals surface area contributed by atoms with Gasteiger partial charge in [-0.2, -0.15) is 5.10 Å². The van der Waals surface area contributed by atoms with E-state index in [1.165, 1.54) is 0 Å². The maximum atomic E-state index is 12.0. The number of rotatable bonds is 5. The van der Waals surface area contributed by atoms with Crippen LogP contribution in [-0.2, 0) is 6.42 Å². The Morgan fingerprint density at radius 1 is 1.33 bits per heavy atom. The molecule has 3 aromatic rings. The van der Waals surface area contributed by atoms with Gasteiger partial charge in [0.2, 0.25) is 0 Å². The summed E-state index contributed by atoms with van der Waals surface area (Å²) in [5, 5.41) is 17.6. The number of H-pyrrole nitrogens is 1. The molecule has 0 saturated carbocycles. The van der Waals surface area contributed by atoms with Gasteiger partial charge in [-0.05, 0) is 49.7 Å². The average molecular weight is 326 g/mol. The van der Waals surface area contributed by atoms with Gasteiger partial charge in [-0.1, -0.05) is 0 Å². The smallest absolute Gasteiger partial charge is 0.338 e. The van der Waals surface area contributed by atoms with E-state index in [1.807, 2.05) is 6.92 Å². The molecule has 1 aromatic carbocycles. The van der Waals surface area contributed by atoms with Gasteiger partial charge in [0.25, 0.3) is 0 Å². The van der Waals surface area contributed by atoms with Crippen molar-refractivity contribution in [1.82, 2.24) is 15.2 Å². The first-order chi connectivity index (χ1) is 11.6. The van der Waals surface area contributed by atoms with Crippen LogP contribution < -0.4 is 10.5 Å². The molecule has 24 heavy (non-hydrogen) atoms. The summed E-state index contributed by atoms with van der Waals surface area (Å²) >= 11 is 0. The number of pyridine rings is 1. The average Bonchev–Trinajstić information content (AvgIpc) is 2.95. The Kier molecular flexibility index (Phi) is 4.18. The number of carbonyl (C=O) groups is 1. The highest BCUT2D eigenvalue weighted by molar-refractivity contribution is 6.02. The molecule has 0 aliphatic carbocycles. The van der Waals surface area contributed by atoms with Gasteiger partial charge in [-0.25, -0.2) is 9.78 Å². The number of aromatic amines is 1. The fourth-order valence-corrected chi connectivity index (χ4v) is 2.87. The van der Waals surface area contributed by atoms with Crippen LogP contribution in [0.3, 0.4) is 0 Å². The Bertz CT molecular complexity index is 900. The largest absolute Gasteiger partial charge is 0.497 e. The second kappa shape index (κ2) is 6.29. The van der Waals surface area contributed by atoms with E-state index in [9.17, 15) is 9.90 Å². The highest BCUT2D eigenvalue weighted by atomic mass is 16.5. The first-order valence-corrected chi connectivity index (χ1v) is 7.52. The highest BCUT2D eigenvalue weighted by Crippen LogP contribution is 2.32. The van der Waals surface area contributed by atoms with Crippen molar-refractivity contribution in [3.8, 4) is 17.0 Å². The summed E-state index contributed by atoms with van der Waals surface area (Å²) < 4.78 is 5.15. The Balaban J connectivity index is 2.33. The third-order valence-electron chi connectivity index (χ3n) is 3.96. The molecule has 0 fully saturated rings. The maximum Gasteiger partial charge on any atom is 0.338 e. The number of benzene rings is 1. The number of aromatic nitrogens is 3. The summed E-state index contributed by atoms with van der Waals surface area (Å²) in [6, 6.07) is 7.10. The minimum atomic E-state index is -1.03. The first-order valence-electron chi connectivity index (χ1n) is 7.52. The number of hydrogen-bond donors (Lipinski definition) is 3. The fraction of sp³-hybridized carbons (Fsp3) is 0.235. The molecule has 0 bridgehead atoms. The molecule has 0 unspecified atom stereocenters. The van der Waals surface area contributed by atoms with E-state index in [0.717, 1.165) is 11.1 Å². The predicted octanol–water partition coefficient (Wildman–Crippen LogP) is 2.14. The van der Waals surface area contributed by atoms with Crippen molar-refractivity contribution >= 4 is 17.0 Å². The van der Waals surface area contributed by atoms with E-state index >= 15 is 0 Å². The molecule has 4 N–H and O–H groups in total. The number of fused-ring (bicyclic) bond motifs is 1. The standard InChI is InChI=1S/C17H18N4O3/c1-9-13-12(7-8-18)14(17(22)23)15(19-16(13)21-20-9)10-3-5-11(24-2)6-4-10/h3-6H,7-8,18H2,1-2H3,(H,22,23)(H,19,20,21). The number of carboxylic acids is 1. The molecule has 2 aromatic heterocycles. The predicted molar refractivity (Wildman–Crippen MR) is 90.3 cm³/mol. The summed E-state index contributed by atoms with van der Waals surface area (Å²) in [5.74, 6) is -0.339. The minimum absolute atomic E-state index is 0.169. The van der Waals surface area contributed by atoms with Gasteiger partial charge in [0, 0.05) is 16.6 Å². The fourth-order valence-electron chi connectivity index (χ4n) is 2.87. The number of ether oxygens (including phenoxy) is 1.